The topological polar surface area (TPSA) is 84.5 Å². The van der Waals surface area contributed by atoms with Gasteiger partial charge in [0.05, 0.1) is 16.8 Å². The number of carbonyl (C=O) groups excluding carboxylic acids is 1. The van der Waals surface area contributed by atoms with Gasteiger partial charge in [-0.2, -0.15) is 0 Å². The van der Waals surface area contributed by atoms with Gasteiger partial charge in [0.2, 0.25) is 5.91 Å². The molecule has 0 radical (unpaired) electrons. The number of amides is 1. The van der Waals surface area contributed by atoms with Gasteiger partial charge in [0.15, 0.2) is 9.84 Å². The molecule has 1 aliphatic heterocycles. The standard InChI is InChI=1S/C13H26N2O4S/c1-12(2,20(4,17)18)9-15-11(16)13(10-19-3)5-7-14-8-6-13/h14H,5-10H2,1-4H3,(H,15,16). The lowest BCUT2D eigenvalue weighted by molar-refractivity contribution is -0.136. The summed E-state index contributed by atoms with van der Waals surface area (Å²) in [5.74, 6) is -0.113. The molecule has 1 amide bonds. The summed E-state index contributed by atoms with van der Waals surface area (Å²) in [5.41, 5.74) is -0.548. The molecule has 1 saturated heterocycles. The van der Waals surface area contributed by atoms with Gasteiger partial charge < -0.3 is 15.4 Å². The second-order valence-corrected chi connectivity index (χ2v) is 8.83. The average Bonchev–Trinajstić information content (AvgIpc) is 2.36. The van der Waals surface area contributed by atoms with Gasteiger partial charge in [0.1, 0.15) is 0 Å². The van der Waals surface area contributed by atoms with E-state index in [0.717, 1.165) is 13.1 Å². The van der Waals surface area contributed by atoms with E-state index in [0.29, 0.717) is 19.4 Å². The molecular formula is C13H26N2O4S. The predicted molar refractivity (Wildman–Crippen MR) is 78.3 cm³/mol. The van der Waals surface area contributed by atoms with E-state index in [4.69, 9.17) is 4.74 Å². The average molecular weight is 306 g/mol. The van der Waals surface area contributed by atoms with E-state index in [9.17, 15) is 13.2 Å². The molecular weight excluding hydrogens is 280 g/mol. The SMILES string of the molecule is COCC1(C(=O)NCC(C)(C)S(C)(=O)=O)CCNCC1. The first kappa shape index (κ1) is 17.4. The molecule has 0 bridgehead atoms. The van der Waals surface area contributed by atoms with Crippen LogP contribution in [0.25, 0.3) is 0 Å². The predicted octanol–water partition coefficient (Wildman–Crippen LogP) is -0.0580. The summed E-state index contributed by atoms with van der Waals surface area (Å²) >= 11 is 0. The second kappa shape index (κ2) is 6.41. The van der Waals surface area contributed by atoms with E-state index in [1.165, 1.54) is 6.26 Å². The first-order chi connectivity index (χ1) is 9.15. The zero-order valence-corrected chi connectivity index (χ0v) is 13.6. The van der Waals surface area contributed by atoms with E-state index in [1.807, 2.05) is 0 Å². The van der Waals surface area contributed by atoms with E-state index >= 15 is 0 Å². The molecule has 0 aromatic heterocycles. The molecule has 1 heterocycles. The molecule has 7 heteroatoms. The number of methoxy groups -OCH3 is 1. The van der Waals surface area contributed by atoms with Crippen LogP contribution in [0, 0.1) is 5.41 Å². The van der Waals surface area contributed by atoms with Crippen LogP contribution < -0.4 is 10.6 Å². The lowest BCUT2D eigenvalue weighted by Crippen LogP contribution is -2.53. The fraction of sp³-hybridized carbons (Fsp3) is 0.923. The smallest absolute Gasteiger partial charge is 0.228 e. The normalized spacial score (nSPS) is 19.6. The summed E-state index contributed by atoms with van der Waals surface area (Å²) in [5, 5.41) is 6.02. The van der Waals surface area contributed by atoms with Gasteiger partial charge in [-0.1, -0.05) is 0 Å². The minimum Gasteiger partial charge on any atom is -0.384 e. The van der Waals surface area contributed by atoms with Gasteiger partial charge >= 0.3 is 0 Å². The van der Waals surface area contributed by atoms with Gasteiger partial charge in [-0.3, -0.25) is 4.79 Å². The fourth-order valence-corrected chi connectivity index (χ4v) is 2.56. The number of ether oxygens (including phenoxy) is 1. The molecule has 0 saturated carbocycles. The zero-order chi connectivity index (χ0) is 15.4. The van der Waals surface area contributed by atoms with Crippen molar-refractivity contribution in [2.75, 3.05) is 39.6 Å². The molecule has 0 atom stereocenters. The van der Waals surface area contributed by atoms with Crippen LogP contribution >= 0.6 is 0 Å². The first-order valence-corrected chi connectivity index (χ1v) is 8.71. The van der Waals surface area contributed by atoms with Crippen LogP contribution in [0.15, 0.2) is 0 Å². The van der Waals surface area contributed by atoms with Crippen molar-refractivity contribution in [2.45, 2.75) is 31.4 Å². The van der Waals surface area contributed by atoms with Crippen LogP contribution in [-0.2, 0) is 19.4 Å². The van der Waals surface area contributed by atoms with Crippen molar-refractivity contribution in [1.29, 1.82) is 0 Å². The summed E-state index contributed by atoms with van der Waals surface area (Å²) in [4.78, 5) is 12.5. The third kappa shape index (κ3) is 3.93. The number of hydrogen-bond acceptors (Lipinski definition) is 5. The molecule has 118 valence electrons. The monoisotopic (exact) mass is 306 g/mol. The van der Waals surface area contributed by atoms with Crippen molar-refractivity contribution in [3.05, 3.63) is 0 Å². The number of carbonyl (C=O) groups is 1. The molecule has 1 fully saturated rings. The minimum absolute atomic E-state index is 0.113. The first-order valence-electron chi connectivity index (χ1n) is 6.82. The third-order valence-corrected chi connectivity index (χ3v) is 6.29. The molecule has 20 heavy (non-hydrogen) atoms. The van der Waals surface area contributed by atoms with Gasteiger partial charge in [0.25, 0.3) is 0 Å². The number of sulfone groups is 1. The van der Waals surface area contributed by atoms with E-state index in [2.05, 4.69) is 10.6 Å². The Morgan fingerprint density at radius 1 is 1.35 bits per heavy atom. The third-order valence-electron chi connectivity index (χ3n) is 4.14. The fourth-order valence-electron chi connectivity index (χ4n) is 2.23. The zero-order valence-electron chi connectivity index (χ0n) is 12.8. The Morgan fingerprint density at radius 2 is 1.90 bits per heavy atom. The summed E-state index contributed by atoms with van der Waals surface area (Å²) < 4.78 is 27.6. The molecule has 2 N–H and O–H groups in total. The molecule has 0 aromatic rings. The van der Waals surface area contributed by atoms with Crippen molar-refractivity contribution in [2.24, 2.45) is 5.41 Å². The number of rotatable bonds is 6. The van der Waals surface area contributed by atoms with E-state index in [-0.39, 0.29) is 12.5 Å². The van der Waals surface area contributed by atoms with Crippen LogP contribution in [0.2, 0.25) is 0 Å². The van der Waals surface area contributed by atoms with Gasteiger partial charge in [-0.05, 0) is 39.8 Å². The molecule has 0 unspecified atom stereocenters. The van der Waals surface area contributed by atoms with Crippen LogP contribution in [-0.4, -0.2) is 58.7 Å². The summed E-state index contributed by atoms with van der Waals surface area (Å²) in [6.45, 7) is 5.25. The largest absolute Gasteiger partial charge is 0.384 e. The van der Waals surface area contributed by atoms with Crippen LogP contribution in [0.1, 0.15) is 26.7 Å². The second-order valence-electron chi connectivity index (χ2n) is 6.18. The van der Waals surface area contributed by atoms with Crippen LogP contribution in [0.3, 0.4) is 0 Å². The van der Waals surface area contributed by atoms with E-state index in [1.54, 1.807) is 21.0 Å². The molecule has 6 nitrogen and oxygen atoms in total. The highest BCUT2D eigenvalue weighted by Crippen LogP contribution is 2.29. The summed E-state index contributed by atoms with van der Waals surface area (Å²) in [6.07, 6.45) is 2.59. The van der Waals surface area contributed by atoms with Crippen molar-refractivity contribution in [3.8, 4) is 0 Å². The highest BCUT2D eigenvalue weighted by Gasteiger charge is 2.41. The molecule has 1 rings (SSSR count). The Morgan fingerprint density at radius 3 is 2.35 bits per heavy atom. The Labute approximate surface area is 121 Å². The van der Waals surface area contributed by atoms with Gasteiger partial charge in [-0.25, -0.2) is 8.42 Å². The van der Waals surface area contributed by atoms with Crippen LogP contribution in [0.5, 0.6) is 0 Å². The maximum Gasteiger partial charge on any atom is 0.228 e. The highest BCUT2D eigenvalue weighted by atomic mass is 32.2. The van der Waals surface area contributed by atoms with Gasteiger partial charge in [0, 0.05) is 19.9 Å². The molecule has 0 aliphatic carbocycles. The van der Waals surface area contributed by atoms with Gasteiger partial charge in [-0.15, -0.1) is 0 Å². The van der Waals surface area contributed by atoms with E-state index < -0.39 is 20.0 Å². The number of nitrogens with one attached hydrogen (secondary N) is 2. The van der Waals surface area contributed by atoms with Crippen molar-refractivity contribution in [1.82, 2.24) is 10.6 Å². The number of piperidine rings is 1. The lowest BCUT2D eigenvalue weighted by Gasteiger charge is -2.36. The highest BCUT2D eigenvalue weighted by molar-refractivity contribution is 7.92. The van der Waals surface area contributed by atoms with Crippen LogP contribution in [0.4, 0.5) is 0 Å². The Balaban J connectivity index is 2.73. The number of hydrogen-bond donors (Lipinski definition) is 2. The maximum atomic E-state index is 12.5. The Hall–Kier alpha value is -0.660. The van der Waals surface area contributed by atoms with Crippen molar-refractivity contribution < 1.29 is 17.9 Å². The quantitative estimate of drug-likeness (QED) is 0.718. The summed E-state index contributed by atoms with van der Waals surface area (Å²) in [6, 6.07) is 0. The minimum atomic E-state index is -3.22. The Kier molecular flexibility index (Phi) is 5.57. The summed E-state index contributed by atoms with van der Waals surface area (Å²) in [7, 11) is -1.64. The van der Waals surface area contributed by atoms with Crippen molar-refractivity contribution in [3.63, 3.8) is 0 Å². The molecule has 1 aliphatic rings. The Bertz CT molecular complexity index is 434. The molecule has 0 spiro atoms. The molecule has 0 aromatic carbocycles. The maximum absolute atomic E-state index is 12.5. The van der Waals surface area contributed by atoms with Crippen molar-refractivity contribution >= 4 is 15.7 Å². The lowest BCUT2D eigenvalue weighted by atomic mass is 9.78.